The number of pyridine rings is 1. The number of ether oxygens (including phenoxy) is 1. The molecule has 0 amide bonds. The second kappa shape index (κ2) is 4.55. The van der Waals surface area contributed by atoms with Crippen LogP contribution in [0.1, 0.15) is 18.1 Å². The fraction of sp³-hybridized carbons (Fsp3) is 0.214. The van der Waals surface area contributed by atoms with Gasteiger partial charge in [0.25, 0.3) is 0 Å². The average Bonchev–Trinajstić information content (AvgIpc) is 2.39. The summed E-state index contributed by atoms with van der Waals surface area (Å²) in [5.74, 6) is 0.668. The first-order chi connectivity index (χ1) is 8.16. The number of aromatic nitrogens is 1. The standard InChI is InChI=1S/C14H15NO2/c1-14(16,11-6-5-9-15-10-11)12-7-3-4-8-13(12)17-2/h3-10,16H,1-2H3. The Balaban J connectivity index is 2.51. The van der Waals surface area contributed by atoms with Crippen LogP contribution in [0, 0.1) is 0 Å². The maximum atomic E-state index is 10.6. The van der Waals surface area contributed by atoms with Gasteiger partial charge in [-0.15, -0.1) is 0 Å². The van der Waals surface area contributed by atoms with Gasteiger partial charge in [-0.3, -0.25) is 4.98 Å². The summed E-state index contributed by atoms with van der Waals surface area (Å²) < 4.78 is 5.27. The topological polar surface area (TPSA) is 42.4 Å². The minimum absolute atomic E-state index is 0.668. The van der Waals surface area contributed by atoms with Crippen molar-refractivity contribution in [3.63, 3.8) is 0 Å². The maximum absolute atomic E-state index is 10.6. The molecular weight excluding hydrogens is 214 g/mol. The molecule has 0 saturated heterocycles. The van der Waals surface area contributed by atoms with Crippen LogP contribution in [0.25, 0.3) is 0 Å². The largest absolute Gasteiger partial charge is 0.496 e. The quantitative estimate of drug-likeness (QED) is 0.878. The molecule has 0 fully saturated rings. The molecule has 0 saturated carbocycles. The molecular formula is C14H15NO2. The minimum Gasteiger partial charge on any atom is -0.496 e. The first kappa shape index (κ1) is 11.6. The number of hydrogen-bond acceptors (Lipinski definition) is 3. The molecule has 2 rings (SSSR count). The van der Waals surface area contributed by atoms with E-state index < -0.39 is 5.60 Å². The Hall–Kier alpha value is -1.87. The van der Waals surface area contributed by atoms with E-state index in [0.717, 1.165) is 11.1 Å². The SMILES string of the molecule is COc1ccccc1C(C)(O)c1cccnc1. The van der Waals surface area contributed by atoms with Gasteiger partial charge >= 0.3 is 0 Å². The van der Waals surface area contributed by atoms with Crippen LogP contribution in [0.5, 0.6) is 5.75 Å². The van der Waals surface area contributed by atoms with Crippen LogP contribution in [-0.2, 0) is 5.60 Å². The van der Waals surface area contributed by atoms with Crippen LogP contribution in [0.3, 0.4) is 0 Å². The van der Waals surface area contributed by atoms with Crippen molar-refractivity contribution < 1.29 is 9.84 Å². The summed E-state index contributed by atoms with van der Waals surface area (Å²) in [6.07, 6.45) is 3.34. The van der Waals surface area contributed by atoms with E-state index in [0.29, 0.717) is 5.75 Å². The molecule has 0 radical (unpaired) electrons. The summed E-state index contributed by atoms with van der Waals surface area (Å²) in [5.41, 5.74) is 0.362. The number of aliphatic hydroxyl groups is 1. The van der Waals surface area contributed by atoms with Gasteiger partial charge in [-0.1, -0.05) is 24.3 Å². The molecule has 88 valence electrons. The maximum Gasteiger partial charge on any atom is 0.125 e. The molecule has 1 unspecified atom stereocenters. The van der Waals surface area contributed by atoms with Crippen molar-refractivity contribution in [2.45, 2.75) is 12.5 Å². The molecule has 3 nitrogen and oxygen atoms in total. The van der Waals surface area contributed by atoms with Crippen LogP contribution in [0.15, 0.2) is 48.8 Å². The third-order valence-electron chi connectivity index (χ3n) is 2.86. The minimum atomic E-state index is -1.11. The van der Waals surface area contributed by atoms with Crippen LogP contribution >= 0.6 is 0 Å². The van der Waals surface area contributed by atoms with Gasteiger partial charge in [0.1, 0.15) is 11.4 Å². The lowest BCUT2D eigenvalue weighted by atomic mass is 9.89. The van der Waals surface area contributed by atoms with Crippen LogP contribution in [0.4, 0.5) is 0 Å². The number of rotatable bonds is 3. The number of hydrogen-bond donors (Lipinski definition) is 1. The molecule has 1 heterocycles. The van der Waals surface area contributed by atoms with Gasteiger partial charge in [-0.2, -0.15) is 0 Å². The van der Waals surface area contributed by atoms with Gasteiger partial charge in [0.05, 0.1) is 7.11 Å². The van der Waals surface area contributed by atoms with Crippen molar-refractivity contribution in [2.24, 2.45) is 0 Å². The van der Waals surface area contributed by atoms with Crippen LogP contribution < -0.4 is 4.74 Å². The molecule has 0 spiro atoms. The fourth-order valence-corrected chi connectivity index (χ4v) is 1.85. The number of benzene rings is 1. The highest BCUT2D eigenvalue weighted by Gasteiger charge is 2.28. The highest BCUT2D eigenvalue weighted by atomic mass is 16.5. The summed E-state index contributed by atoms with van der Waals surface area (Å²) in [4.78, 5) is 4.03. The third-order valence-corrected chi connectivity index (χ3v) is 2.86. The van der Waals surface area contributed by atoms with Gasteiger partial charge in [0, 0.05) is 23.5 Å². The zero-order valence-corrected chi connectivity index (χ0v) is 9.92. The van der Waals surface area contributed by atoms with Crippen molar-refractivity contribution >= 4 is 0 Å². The molecule has 17 heavy (non-hydrogen) atoms. The van der Waals surface area contributed by atoms with Gasteiger partial charge in [-0.05, 0) is 19.1 Å². The van der Waals surface area contributed by atoms with E-state index in [1.54, 1.807) is 32.5 Å². The monoisotopic (exact) mass is 229 g/mol. The zero-order valence-electron chi connectivity index (χ0n) is 9.92. The van der Waals surface area contributed by atoms with E-state index in [1.807, 2.05) is 30.3 Å². The lowest BCUT2D eigenvalue weighted by molar-refractivity contribution is 0.0986. The van der Waals surface area contributed by atoms with Crippen LogP contribution in [-0.4, -0.2) is 17.2 Å². The summed E-state index contributed by atoms with van der Waals surface area (Å²) >= 11 is 0. The Morgan fingerprint density at radius 3 is 2.59 bits per heavy atom. The summed E-state index contributed by atoms with van der Waals surface area (Å²) in [5, 5.41) is 10.6. The summed E-state index contributed by atoms with van der Waals surface area (Å²) in [7, 11) is 1.60. The second-order valence-corrected chi connectivity index (χ2v) is 4.01. The van der Waals surface area contributed by atoms with Crippen LogP contribution in [0.2, 0.25) is 0 Å². The predicted octanol–water partition coefficient (Wildman–Crippen LogP) is 2.35. The smallest absolute Gasteiger partial charge is 0.125 e. The Morgan fingerprint density at radius 1 is 1.18 bits per heavy atom. The molecule has 0 bridgehead atoms. The van der Waals surface area contributed by atoms with E-state index in [9.17, 15) is 5.11 Å². The average molecular weight is 229 g/mol. The number of para-hydroxylation sites is 1. The molecule has 3 heteroatoms. The number of methoxy groups -OCH3 is 1. The Kier molecular flexibility index (Phi) is 3.11. The molecule has 1 N–H and O–H groups in total. The highest BCUT2D eigenvalue weighted by Crippen LogP contribution is 2.34. The first-order valence-electron chi connectivity index (χ1n) is 5.42. The van der Waals surface area contributed by atoms with Crippen molar-refractivity contribution in [3.05, 3.63) is 59.9 Å². The van der Waals surface area contributed by atoms with Gasteiger partial charge in [-0.25, -0.2) is 0 Å². The molecule has 1 aromatic carbocycles. The van der Waals surface area contributed by atoms with E-state index in [4.69, 9.17) is 4.74 Å². The van der Waals surface area contributed by atoms with Crippen molar-refractivity contribution in [1.82, 2.24) is 4.98 Å². The fourth-order valence-electron chi connectivity index (χ4n) is 1.85. The molecule has 1 aromatic heterocycles. The van der Waals surface area contributed by atoms with E-state index in [2.05, 4.69) is 4.98 Å². The Morgan fingerprint density at radius 2 is 1.94 bits per heavy atom. The lowest BCUT2D eigenvalue weighted by Crippen LogP contribution is -2.23. The van der Waals surface area contributed by atoms with E-state index >= 15 is 0 Å². The zero-order chi connectivity index (χ0) is 12.3. The summed E-state index contributed by atoms with van der Waals surface area (Å²) in [6.45, 7) is 1.74. The molecule has 0 aliphatic heterocycles. The van der Waals surface area contributed by atoms with Crippen molar-refractivity contribution in [1.29, 1.82) is 0 Å². The Bertz CT molecular complexity index is 495. The van der Waals surface area contributed by atoms with Crippen molar-refractivity contribution in [2.75, 3.05) is 7.11 Å². The molecule has 2 aromatic rings. The molecule has 1 atom stereocenters. The van der Waals surface area contributed by atoms with Gasteiger partial charge < -0.3 is 9.84 Å². The predicted molar refractivity (Wildman–Crippen MR) is 65.9 cm³/mol. The highest BCUT2D eigenvalue weighted by molar-refractivity contribution is 5.43. The first-order valence-corrected chi connectivity index (χ1v) is 5.42. The molecule has 0 aliphatic carbocycles. The van der Waals surface area contributed by atoms with Gasteiger partial charge in [0.15, 0.2) is 0 Å². The van der Waals surface area contributed by atoms with E-state index in [1.165, 1.54) is 0 Å². The van der Waals surface area contributed by atoms with Gasteiger partial charge in [0.2, 0.25) is 0 Å². The summed E-state index contributed by atoms with van der Waals surface area (Å²) in [6, 6.07) is 11.1. The Labute approximate surface area is 101 Å². The van der Waals surface area contributed by atoms with E-state index in [-0.39, 0.29) is 0 Å². The second-order valence-electron chi connectivity index (χ2n) is 4.01. The normalized spacial score (nSPS) is 14.1. The number of nitrogens with zero attached hydrogens (tertiary/aromatic N) is 1. The van der Waals surface area contributed by atoms with Crippen molar-refractivity contribution in [3.8, 4) is 5.75 Å². The third kappa shape index (κ3) is 2.15. The molecule has 0 aliphatic rings. The lowest BCUT2D eigenvalue weighted by Gasteiger charge is -2.25.